The molecule has 0 aromatic heterocycles. The van der Waals surface area contributed by atoms with E-state index in [1.54, 1.807) is 0 Å². The minimum absolute atomic E-state index is 0.00301. The van der Waals surface area contributed by atoms with Crippen LogP contribution in [0.3, 0.4) is 0 Å². The number of nitrogens with one attached hydrogen (secondary N) is 1. The second-order valence-electron chi connectivity index (χ2n) is 5.07. The van der Waals surface area contributed by atoms with E-state index in [1.165, 1.54) is 0 Å². The van der Waals surface area contributed by atoms with Gasteiger partial charge in [-0.3, -0.25) is 4.79 Å². The number of benzene rings is 1. The van der Waals surface area contributed by atoms with E-state index in [1.807, 2.05) is 24.3 Å². The van der Waals surface area contributed by atoms with Crippen molar-refractivity contribution >= 4 is 21.8 Å². The standard InChI is InChI=1S/C13H18BrNO/c1-13(2,3)8-9-15-12(16)10-4-6-11(14)7-5-10/h4-7H,8-9H2,1-3H3,(H,15,16). The van der Waals surface area contributed by atoms with Crippen LogP contribution in [0.15, 0.2) is 28.7 Å². The summed E-state index contributed by atoms with van der Waals surface area (Å²) < 4.78 is 0.985. The number of carbonyl (C=O) groups is 1. The summed E-state index contributed by atoms with van der Waals surface area (Å²) in [7, 11) is 0. The van der Waals surface area contributed by atoms with Gasteiger partial charge in [-0.05, 0) is 36.1 Å². The van der Waals surface area contributed by atoms with Gasteiger partial charge in [-0.1, -0.05) is 36.7 Å². The first-order chi connectivity index (χ1) is 7.38. The first-order valence-corrected chi connectivity index (χ1v) is 6.21. The lowest BCUT2D eigenvalue weighted by Gasteiger charge is -2.17. The molecule has 2 nitrogen and oxygen atoms in total. The van der Waals surface area contributed by atoms with Gasteiger partial charge in [0.1, 0.15) is 0 Å². The van der Waals surface area contributed by atoms with Crippen LogP contribution in [0.4, 0.5) is 0 Å². The lowest BCUT2D eigenvalue weighted by Crippen LogP contribution is -2.27. The van der Waals surface area contributed by atoms with Crippen LogP contribution in [0.2, 0.25) is 0 Å². The monoisotopic (exact) mass is 283 g/mol. The Morgan fingerprint density at radius 2 is 1.81 bits per heavy atom. The fourth-order valence-electron chi connectivity index (χ4n) is 1.25. The summed E-state index contributed by atoms with van der Waals surface area (Å²) in [4.78, 5) is 11.7. The first kappa shape index (κ1) is 13.2. The molecule has 0 saturated heterocycles. The van der Waals surface area contributed by atoms with E-state index in [0.717, 1.165) is 17.4 Å². The molecule has 1 aromatic rings. The minimum atomic E-state index is -0.00301. The van der Waals surface area contributed by atoms with E-state index in [9.17, 15) is 4.79 Å². The van der Waals surface area contributed by atoms with Crippen LogP contribution >= 0.6 is 15.9 Å². The smallest absolute Gasteiger partial charge is 0.251 e. The minimum Gasteiger partial charge on any atom is -0.352 e. The Morgan fingerprint density at radius 3 is 2.31 bits per heavy atom. The van der Waals surface area contributed by atoms with Gasteiger partial charge >= 0.3 is 0 Å². The van der Waals surface area contributed by atoms with Crippen molar-refractivity contribution in [2.75, 3.05) is 6.54 Å². The molecule has 0 unspecified atom stereocenters. The molecule has 0 aliphatic carbocycles. The van der Waals surface area contributed by atoms with Crippen molar-refractivity contribution in [3.05, 3.63) is 34.3 Å². The molecule has 1 N–H and O–H groups in total. The molecular weight excluding hydrogens is 266 g/mol. The molecule has 3 heteroatoms. The maximum absolute atomic E-state index is 11.7. The van der Waals surface area contributed by atoms with E-state index < -0.39 is 0 Å². The number of hydrogen-bond acceptors (Lipinski definition) is 1. The zero-order valence-corrected chi connectivity index (χ0v) is 11.6. The molecule has 0 atom stereocenters. The fraction of sp³-hybridized carbons (Fsp3) is 0.462. The van der Waals surface area contributed by atoms with Crippen molar-refractivity contribution in [2.45, 2.75) is 27.2 Å². The highest BCUT2D eigenvalue weighted by molar-refractivity contribution is 9.10. The molecule has 0 fully saturated rings. The summed E-state index contributed by atoms with van der Waals surface area (Å²) in [6, 6.07) is 7.38. The third-order valence-corrected chi connectivity index (χ3v) is 2.80. The Morgan fingerprint density at radius 1 is 1.25 bits per heavy atom. The SMILES string of the molecule is CC(C)(C)CCNC(=O)c1ccc(Br)cc1. The lowest BCUT2D eigenvalue weighted by molar-refractivity contribution is 0.0949. The summed E-state index contributed by atoms with van der Waals surface area (Å²) in [5.41, 5.74) is 0.963. The summed E-state index contributed by atoms with van der Waals surface area (Å²) >= 11 is 3.34. The molecule has 1 rings (SSSR count). The molecule has 1 amide bonds. The van der Waals surface area contributed by atoms with Crippen molar-refractivity contribution in [3.8, 4) is 0 Å². The molecule has 0 saturated carbocycles. The Balaban J connectivity index is 2.44. The average molecular weight is 284 g/mol. The average Bonchev–Trinajstić information content (AvgIpc) is 2.16. The van der Waals surface area contributed by atoms with Gasteiger partial charge in [-0.2, -0.15) is 0 Å². The molecule has 88 valence electrons. The van der Waals surface area contributed by atoms with E-state index in [0.29, 0.717) is 5.56 Å². The van der Waals surface area contributed by atoms with Gasteiger partial charge in [0.05, 0.1) is 0 Å². The Labute approximate surface area is 106 Å². The highest BCUT2D eigenvalue weighted by Crippen LogP contribution is 2.17. The van der Waals surface area contributed by atoms with Crippen LogP contribution in [-0.2, 0) is 0 Å². The molecule has 0 aliphatic heterocycles. The van der Waals surface area contributed by atoms with E-state index in [2.05, 4.69) is 42.0 Å². The summed E-state index contributed by atoms with van der Waals surface area (Å²) in [5.74, 6) is -0.00301. The topological polar surface area (TPSA) is 29.1 Å². The van der Waals surface area contributed by atoms with Crippen molar-refractivity contribution in [1.29, 1.82) is 0 Å². The largest absolute Gasteiger partial charge is 0.352 e. The second kappa shape index (κ2) is 5.48. The third kappa shape index (κ3) is 4.79. The molecule has 0 spiro atoms. The van der Waals surface area contributed by atoms with Crippen molar-refractivity contribution < 1.29 is 4.79 Å². The van der Waals surface area contributed by atoms with Crippen molar-refractivity contribution in [1.82, 2.24) is 5.32 Å². The quantitative estimate of drug-likeness (QED) is 0.902. The predicted molar refractivity (Wildman–Crippen MR) is 70.5 cm³/mol. The Kier molecular flexibility index (Phi) is 4.54. The van der Waals surface area contributed by atoms with Crippen LogP contribution < -0.4 is 5.32 Å². The van der Waals surface area contributed by atoms with Gasteiger partial charge in [0.15, 0.2) is 0 Å². The third-order valence-electron chi connectivity index (χ3n) is 2.27. The molecule has 16 heavy (non-hydrogen) atoms. The lowest BCUT2D eigenvalue weighted by atomic mass is 9.92. The molecule has 1 aromatic carbocycles. The highest BCUT2D eigenvalue weighted by atomic mass is 79.9. The molecular formula is C13H18BrNO. The van der Waals surface area contributed by atoms with Gasteiger partial charge in [0.25, 0.3) is 5.91 Å². The first-order valence-electron chi connectivity index (χ1n) is 5.42. The van der Waals surface area contributed by atoms with Crippen LogP contribution in [0, 0.1) is 5.41 Å². The van der Waals surface area contributed by atoms with Gasteiger partial charge in [0, 0.05) is 16.6 Å². The van der Waals surface area contributed by atoms with E-state index >= 15 is 0 Å². The predicted octanol–water partition coefficient (Wildman–Crippen LogP) is 3.62. The van der Waals surface area contributed by atoms with Gasteiger partial charge in [-0.15, -0.1) is 0 Å². The number of carbonyl (C=O) groups excluding carboxylic acids is 1. The molecule has 0 radical (unpaired) electrons. The fourth-order valence-corrected chi connectivity index (χ4v) is 1.52. The van der Waals surface area contributed by atoms with E-state index in [-0.39, 0.29) is 11.3 Å². The summed E-state index contributed by atoms with van der Waals surface area (Å²) in [5, 5.41) is 2.92. The van der Waals surface area contributed by atoms with Crippen LogP contribution in [0.25, 0.3) is 0 Å². The van der Waals surface area contributed by atoms with Crippen LogP contribution in [0.1, 0.15) is 37.6 Å². The zero-order chi connectivity index (χ0) is 12.2. The molecule has 0 aliphatic rings. The van der Waals surface area contributed by atoms with E-state index in [4.69, 9.17) is 0 Å². The second-order valence-corrected chi connectivity index (χ2v) is 5.99. The van der Waals surface area contributed by atoms with Crippen molar-refractivity contribution in [3.63, 3.8) is 0 Å². The number of halogens is 1. The maximum atomic E-state index is 11.7. The van der Waals surface area contributed by atoms with Crippen molar-refractivity contribution in [2.24, 2.45) is 5.41 Å². The Hall–Kier alpha value is -0.830. The summed E-state index contributed by atoms with van der Waals surface area (Å²) in [6.07, 6.45) is 0.981. The highest BCUT2D eigenvalue weighted by Gasteiger charge is 2.11. The summed E-state index contributed by atoms with van der Waals surface area (Å²) in [6.45, 7) is 7.22. The van der Waals surface area contributed by atoms with Gasteiger partial charge in [0.2, 0.25) is 0 Å². The maximum Gasteiger partial charge on any atom is 0.251 e. The zero-order valence-electron chi connectivity index (χ0n) is 10.0. The van der Waals surface area contributed by atoms with Crippen LogP contribution in [-0.4, -0.2) is 12.5 Å². The number of rotatable bonds is 3. The number of hydrogen-bond donors (Lipinski definition) is 1. The number of amides is 1. The molecule has 0 bridgehead atoms. The molecule has 0 heterocycles. The van der Waals surface area contributed by atoms with Gasteiger partial charge in [-0.25, -0.2) is 0 Å². The Bertz CT molecular complexity index is 351. The van der Waals surface area contributed by atoms with Crippen LogP contribution in [0.5, 0.6) is 0 Å². The normalized spacial score (nSPS) is 11.2. The van der Waals surface area contributed by atoms with Gasteiger partial charge < -0.3 is 5.32 Å².